The maximum Gasteiger partial charge on any atom is 0.128 e. The van der Waals surface area contributed by atoms with Gasteiger partial charge in [0.05, 0.1) is 6.04 Å². The van der Waals surface area contributed by atoms with E-state index in [1.165, 1.54) is 17.2 Å². The first-order valence-electron chi connectivity index (χ1n) is 7.19. The SMILES string of the molecule is Cc1cc(C)cc(N(C)C(CN)c2cc(C)ccc2F)c1. The fourth-order valence-electron chi connectivity index (χ4n) is 2.75. The van der Waals surface area contributed by atoms with E-state index in [0.717, 1.165) is 11.3 Å². The number of hydrogen-bond donors (Lipinski definition) is 1. The Morgan fingerprint density at radius 2 is 1.62 bits per heavy atom. The van der Waals surface area contributed by atoms with Gasteiger partial charge in [-0.15, -0.1) is 0 Å². The van der Waals surface area contributed by atoms with Crippen molar-refractivity contribution in [3.8, 4) is 0 Å². The van der Waals surface area contributed by atoms with Gasteiger partial charge >= 0.3 is 0 Å². The molecule has 2 aromatic rings. The van der Waals surface area contributed by atoms with Crippen LogP contribution in [0.2, 0.25) is 0 Å². The number of likely N-dealkylation sites (N-methyl/N-ethyl adjacent to an activating group) is 1. The molecule has 0 saturated carbocycles. The summed E-state index contributed by atoms with van der Waals surface area (Å²) in [6, 6.07) is 11.3. The van der Waals surface area contributed by atoms with Gasteiger partial charge in [-0.2, -0.15) is 0 Å². The lowest BCUT2D eigenvalue weighted by Crippen LogP contribution is -2.31. The molecule has 2 N–H and O–H groups in total. The average Bonchev–Trinajstić information content (AvgIpc) is 2.42. The standard InChI is InChI=1S/C18H23FN2/c1-12-5-6-17(19)16(10-12)18(11-20)21(4)15-8-13(2)7-14(3)9-15/h5-10,18H,11,20H2,1-4H3. The molecule has 2 nitrogen and oxygen atoms in total. The molecule has 0 aliphatic rings. The van der Waals surface area contributed by atoms with Gasteiger partial charge in [0, 0.05) is 24.8 Å². The van der Waals surface area contributed by atoms with Crippen LogP contribution in [0.4, 0.5) is 10.1 Å². The first kappa shape index (κ1) is 15.5. The highest BCUT2D eigenvalue weighted by molar-refractivity contribution is 5.52. The Labute approximate surface area is 126 Å². The van der Waals surface area contributed by atoms with Gasteiger partial charge in [-0.25, -0.2) is 4.39 Å². The number of hydrogen-bond acceptors (Lipinski definition) is 2. The predicted molar refractivity (Wildman–Crippen MR) is 87.3 cm³/mol. The molecule has 2 aromatic carbocycles. The Morgan fingerprint density at radius 3 is 2.19 bits per heavy atom. The first-order valence-corrected chi connectivity index (χ1v) is 7.19. The number of halogens is 1. The van der Waals surface area contributed by atoms with Crippen molar-refractivity contribution in [1.82, 2.24) is 0 Å². The van der Waals surface area contributed by atoms with Crippen LogP contribution in [0.1, 0.15) is 28.3 Å². The minimum atomic E-state index is -0.202. The maximum absolute atomic E-state index is 14.2. The van der Waals surface area contributed by atoms with Crippen LogP contribution < -0.4 is 10.6 Å². The first-order chi connectivity index (χ1) is 9.92. The summed E-state index contributed by atoms with van der Waals surface area (Å²) < 4.78 is 14.2. The van der Waals surface area contributed by atoms with E-state index in [0.29, 0.717) is 12.1 Å². The molecule has 0 amide bonds. The van der Waals surface area contributed by atoms with E-state index in [9.17, 15) is 4.39 Å². The molecule has 0 radical (unpaired) electrons. The summed E-state index contributed by atoms with van der Waals surface area (Å²) in [5, 5.41) is 0. The third kappa shape index (κ3) is 3.42. The minimum absolute atomic E-state index is 0.175. The fraction of sp³-hybridized carbons (Fsp3) is 0.333. The monoisotopic (exact) mass is 286 g/mol. The lowest BCUT2D eigenvalue weighted by molar-refractivity contribution is 0.572. The van der Waals surface area contributed by atoms with Gasteiger partial charge in [0.25, 0.3) is 0 Å². The molecule has 0 fully saturated rings. The Balaban J connectivity index is 2.42. The smallest absolute Gasteiger partial charge is 0.128 e. The fourth-order valence-corrected chi connectivity index (χ4v) is 2.75. The molecule has 0 bridgehead atoms. The van der Waals surface area contributed by atoms with Crippen LogP contribution in [0, 0.1) is 26.6 Å². The zero-order valence-corrected chi connectivity index (χ0v) is 13.2. The largest absolute Gasteiger partial charge is 0.366 e. The van der Waals surface area contributed by atoms with E-state index in [1.807, 2.05) is 20.0 Å². The minimum Gasteiger partial charge on any atom is -0.366 e. The van der Waals surface area contributed by atoms with E-state index in [-0.39, 0.29) is 11.9 Å². The number of aryl methyl sites for hydroxylation is 3. The van der Waals surface area contributed by atoms with Crippen molar-refractivity contribution in [2.45, 2.75) is 26.8 Å². The van der Waals surface area contributed by atoms with Gasteiger partial charge in [0.15, 0.2) is 0 Å². The predicted octanol–water partition coefficient (Wildman–Crippen LogP) is 3.89. The van der Waals surface area contributed by atoms with Crippen LogP contribution in [0.3, 0.4) is 0 Å². The zero-order valence-electron chi connectivity index (χ0n) is 13.2. The molecule has 0 aliphatic carbocycles. The molecule has 0 aromatic heterocycles. The van der Waals surface area contributed by atoms with Crippen LogP contribution in [0.5, 0.6) is 0 Å². The lowest BCUT2D eigenvalue weighted by Gasteiger charge is -2.30. The van der Waals surface area contributed by atoms with Crippen molar-refractivity contribution in [3.05, 3.63) is 64.5 Å². The second-order valence-electron chi connectivity index (χ2n) is 5.73. The highest BCUT2D eigenvalue weighted by atomic mass is 19.1. The molecule has 1 atom stereocenters. The molecule has 1 unspecified atom stereocenters. The van der Waals surface area contributed by atoms with Crippen molar-refractivity contribution in [3.63, 3.8) is 0 Å². The van der Waals surface area contributed by atoms with E-state index in [2.05, 4.69) is 36.9 Å². The Kier molecular flexibility index (Phi) is 4.63. The molecule has 0 spiro atoms. The molecular weight excluding hydrogens is 263 g/mol. The molecule has 0 heterocycles. The van der Waals surface area contributed by atoms with Crippen LogP contribution in [-0.4, -0.2) is 13.6 Å². The maximum atomic E-state index is 14.2. The van der Waals surface area contributed by atoms with Gasteiger partial charge in [-0.1, -0.05) is 23.8 Å². The summed E-state index contributed by atoms with van der Waals surface area (Å²) in [5.74, 6) is -0.202. The van der Waals surface area contributed by atoms with E-state index >= 15 is 0 Å². The van der Waals surface area contributed by atoms with E-state index in [1.54, 1.807) is 6.07 Å². The zero-order chi connectivity index (χ0) is 15.6. The summed E-state index contributed by atoms with van der Waals surface area (Å²) in [6.07, 6.45) is 0. The molecule has 0 aliphatic heterocycles. The van der Waals surface area contributed by atoms with Crippen LogP contribution in [0.25, 0.3) is 0 Å². The van der Waals surface area contributed by atoms with Crippen molar-refractivity contribution in [1.29, 1.82) is 0 Å². The third-order valence-corrected chi connectivity index (χ3v) is 3.81. The number of nitrogens with zero attached hydrogens (tertiary/aromatic N) is 1. The molecular formula is C18H23FN2. The van der Waals surface area contributed by atoms with Crippen molar-refractivity contribution in [2.75, 3.05) is 18.5 Å². The number of rotatable bonds is 4. The highest BCUT2D eigenvalue weighted by Gasteiger charge is 2.20. The van der Waals surface area contributed by atoms with Gasteiger partial charge < -0.3 is 10.6 Å². The van der Waals surface area contributed by atoms with Gasteiger partial charge in [0.2, 0.25) is 0 Å². The van der Waals surface area contributed by atoms with Gasteiger partial charge in [0.1, 0.15) is 5.82 Å². The lowest BCUT2D eigenvalue weighted by atomic mass is 10.0. The van der Waals surface area contributed by atoms with Gasteiger partial charge in [-0.3, -0.25) is 0 Å². The molecule has 0 saturated heterocycles. The second kappa shape index (κ2) is 6.27. The molecule has 2 rings (SSSR count). The summed E-state index contributed by atoms with van der Waals surface area (Å²) in [4.78, 5) is 2.05. The van der Waals surface area contributed by atoms with Crippen molar-refractivity contribution < 1.29 is 4.39 Å². The normalized spacial score (nSPS) is 12.3. The summed E-state index contributed by atoms with van der Waals surface area (Å²) in [5.41, 5.74) is 11.1. The Bertz CT molecular complexity index is 617. The number of nitrogens with two attached hydrogens (primary N) is 1. The number of benzene rings is 2. The van der Waals surface area contributed by atoms with Gasteiger partial charge in [-0.05, 0) is 50.1 Å². The topological polar surface area (TPSA) is 29.3 Å². The third-order valence-electron chi connectivity index (χ3n) is 3.81. The van der Waals surface area contributed by atoms with Crippen molar-refractivity contribution in [2.24, 2.45) is 5.73 Å². The van der Waals surface area contributed by atoms with Crippen LogP contribution >= 0.6 is 0 Å². The van der Waals surface area contributed by atoms with E-state index < -0.39 is 0 Å². The highest BCUT2D eigenvalue weighted by Crippen LogP contribution is 2.28. The van der Waals surface area contributed by atoms with Crippen molar-refractivity contribution >= 4 is 5.69 Å². The molecule has 21 heavy (non-hydrogen) atoms. The number of anilines is 1. The summed E-state index contributed by atoms with van der Waals surface area (Å²) in [7, 11) is 1.97. The summed E-state index contributed by atoms with van der Waals surface area (Å²) >= 11 is 0. The molecule has 3 heteroatoms. The summed E-state index contributed by atoms with van der Waals surface area (Å²) in [6.45, 7) is 6.46. The van der Waals surface area contributed by atoms with Crippen LogP contribution in [0.15, 0.2) is 36.4 Å². The Morgan fingerprint density at radius 1 is 1.00 bits per heavy atom. The van der Waals surface area contributed by atoms with Crippen LogP contribution in [-0.2, 0) is 0 Å². The average molecular weight is 286 g/mol. The Hall–Kier alpha value is -1.87. The van der Waals surface area contributed by atoms with E-state index in [4.69, 9.17) is 5.73 Å². The quantitative estimate of drug-likeness (QED) is 0.924. The molecule has 112 valence electrons. The second-order valence-corrected chi connectivity index (χ2v) is 5.73.